The Hall–Kier alpha value is -1.41. The van der Waals surface area contributed by atoms with Gasteiger partial charge < -0.3 is 0 Å². The van der Waals surface area contributed by atoms with Crippen molar-refractivity contribution in [3.05, 3.63) is 33.7 Å². The number of nitrogens with zero attached hydrogens (tertiary/aromatic N) is 3. The fraction of sp³-hybridized carbons (Fsp3) is 0.125. The highest BCUT2D eigenvalue weighted by molar-refractivity contribution is 7.71. The summed E-state index contributed by atoms with van der Waals surface area (Å²) in [6.45, 7) is 0. The molecule has 0 fully saturated rings. The third kappa shape index (κ3) is 2.47. The van der Waals surface area contributed by atoms with Crippen molar-refractivity contribution in [2.45, 2.75) is 6.18 Å². The number of halogens is 4. The summed E-state index contributed by atoms with van der Waals surface area (Å²) in [7, 11) is 0. The van der Waals surface area contributed by atoms with Crippen molar-refractivity contribution in [2.24, 2.45) is 0 Å². The summed E-state index contributed by atoms with van der Waals surface area (Å²) in [5.74, 6) is 0.134. The Morgan fingerprint density at radius 2 is 2.00 bits per heavy atom. The van der Waals surface area contributed by atoms with E-state index in [1.165, 1.54) is 12.1 Å². The van der Waals surface area contributed by atoms with Gasteiger partial charge in [-0.25, -0.2) is 4.68 Å². The molecule has 0 unspecified atom stereocenters. The van der Waals surface area contributed by atoms with Crippen LogP contribution < -0.4 is 0 Å². The molecule has 2 aromatic heterocycles. The number of hydrogen-bond acceptors (Lipinski definition) is 3. The van der Waals surface area contributed by atoms with E-state index in [9.17, 15) is 13.2 Å². The Bertz CT molecular complexity index is 586. The van der Waals surface area contributed by atoms with E-state index in [0.717, 1.165) is 10.7 Å². The largest absolute Gasteiger partial charge is 0.432 e. The molecule has 0 aliphatic carbocycles. The molecule has 0 saturated carbocycles. The van der Waals surface area contributed by atoms with Crippen LogP contribution in [0.3, 0.4) is 0 Å². The maximum atomic E-state index is 12.4. The van der Waals surface area contributed by atoms with Gasteiger partial charge in [-0.05, 0) is 12.1 Å². The van der Waals surface area contributed by atoms with Gasteiger partial charge in [0.15, 0.2) is 11.0 Å². The molecule has 2 aromatic rings. The second-order valence-electron chi connectivity index (χ2n) is 3.06. The van der Waals surface area contributed by atoms with Crippen LogP contribution in [0.2, 0.25) is 5.15 Å². The number of aromatic nitrogens is 4. The Balaban J connectivity index is 2.50. The number of nitrogens with one attached hydrogen (secondary N) is 1. The molecule has 0 radical (unpaired) electrons. The predicted molar refractivity (Wildman–Crippen MR) is 56.6 cm³/mol. The SMILES string of the molecule is FC(F)(F)c1cc(=S)n(-c2ccc(Cl)nn2)[nH]1. The molecule has 2 heterocycles. The molecule has 9 heteroatoms. The molecule has 17 heavy (non-hydrogen) atoms. The molecule has 0 bridgehead atoms. The minimum absolute atomic E-state index is 0.0473. The molecule has 0 atom stereocenters. The van der Waals surface area contributed by atoms with Crippen molar-refractivity contribution in [1.82, 2.24) is 20.0 Å². The summed E-state index contributed by atoms with van der Waals surface area (Å²) in [6.07, 6.45) is -4.49. The highest BCUT2D eigenvalue weighted by Gasteiger charge is 2.33. The van der Waals surface area contributed by atoms with E-state index < -0.39 is 11.9 Å². The quantitative estimate of drug-likeness (QED) is 0.817. The van der Waals surface area contributed by atoms with E-state index >= 15 is 0 Å². The van der Waals surface area contributed by atoms with Gasteiger partial charge in [0.05, 0.1) is 0 Å². The number of hydrogen-bond donors (Lipinski definition) is 1. The van der Waals surface area contributed by atoms with Crippen LogP contribution in [-0.2, 0) is 6.18 Å². The third-order valence-corrected chi connectivity index (χ3v) is 2.37. The zero-order valence-corrected chi connectivity index (χ0v) is 9.57. The van der Waals surface area contributed by atoms with E-state index in [1.807, 2.05) is 0 Å². The first-order valence-electron chi connectivity index (χ1n) is 4.27. The average Bonchev–Trinajstić information content (AvgIpc) is 2.61. The third-order valence-electron chi connectivity index (χ3n) is 1.87. The Kier molecular flexibility index (Phi) is 2.92. The first-order chi connectivity index (χ1) is 7.88. The highest BCUT2D eigenvalue weighted by atomic mass is 35.5. The van der Waals surface area contributed by atoms with Gasteiger partial charge in [-0.3, -0.25) is 5.10 Å². The average molecular weight is 281 g/mol. The van der Waals surface area contributed by atoms with Crippen molar-refractivity contribution in [1.29, 1.82) is 0 Å². The minimum atomic E-state index is -4.49. The van der Waals surface area contributed by atoms with Crippen LogP contribution >= 0.6 is 23.8 Å². The van der Waals surface area contributed by atoms with E-state index in [0.29, 0.717) is 0 Å². The molecule has 0 aromatic carbocycles. The van der Waals surface area contributed by atoms with E-state index in [2.05, 4.69) is 15.3 Å². The van der Waals surface area contributed by atoms with Crippen LogP contribution in [-0.4, -0.2) is 20.0 Å². The van der Waals surface area contributed by atoms with Gasteiger partial charge >= 0.3 is 6.18 Å². The van der Waals surface area contributed by atoms with Crippen molar-refractivity contribution in [2.75, 3.05) is 0 Å². The van der Waals surface area contributed by atoms with Crippen LogP contribution in [0.4, 0.5) is 13.2 Å². The molecule has 2 rings (SSSR count). The Morgan fingerprint density at radius 1 is 1.29 bits per heavy atom. The number of rotatable bonds is 1. The van der Waals surface area contributed by atoms with E-state index in [4.69, 9.17) is 23.8 Å². The molecular formula is C8H4ClF3N4S. The second kappa shape index (κ2) is 4.11. The van der Waals surface area contributed by atoms with Crippen molar-refractivity contribution in [3.8, 4) is 5.82 Å². The Morgan fingerprint density at radius 3 is 2.47 bits per heavy atom. The summed E-state index contributed by atoms with van der Waals surface area (Å²) in [4.78, 5) is 0. The summed E-state index contributed by atoms with van der Waals surface area (Å²) in [5.41, 5.74) is -0.945. The fourth-order valence-electron chi connectivity index (χ4n) is 1.14. The van der Waals surface area contributed by atoms with Gasteiger partial charge in [0.25, 0.3) is 0 Å². The van der Waals surface area contributed by atoms with Crippen molar-refractivity contribution < 1.29 is 13.2 Å². The van der Waals surface area contributed by atoms with E-state index in [-0.39, 0.29) is 15.6 Å². The van der Waals surface area contributed by atoms with Crippen LogP contribution in [0.5, 0.6) is 0 Å². The van der Waals surface area contributed by atoms with E-state index in [1.54, 1.807) is 0 Å². The normalized spacial score (nSPS) is 11.8. The minimum Gasteiger partial charge on any atom is -0.287 e. The van der Waals surface area contributed by atoms with Crippen LogP contribution in [0.1, 0.15) is 5.69 Å². The van der Waals surface area contributed by atoms with Gasteiger partial charge in [0.1, 0.15) is 10.3 Å². The van der Waals surface area contributed by atoms with Gasteiger partial charge in [-0.2, -0.15) is 13.2 Å². The van der Waals surface area contributed by atoms with Crippen LogP contribution in [0.15, 0.2) is 18.2 Å². The molecule has 4 nitrogen and oxygen atoms in total. The number of aromatic amines is 1. The maximum Gasteiger partial charge on any atom is 0.432 e. The topological polar surface area (TPSA) is 46.5 Å². The molecule has 0 aliphatic heterocycles. The lowest BCUT2D eigenvalue weighted by molar-refractivity contribution is -0.141. The number of H-pyrrole nitrogens is 1. The number of alkyl halides is 3. The molecule has 0 aliphatic rings. The smallest absolute Gasteiger partial charge is 0.287 e. The monoisotopic (exact) mass is 280 g/mol. The summed E-state index contributed by atoms with van der Waals surface area (Å²) >= 11 is 10.3. The molecule has 0 saturated heterocycles. The van der Waals surface area contributed by atoms with Crippen molar-refractivity contribution >= 4 is 23.8 Å². The molecule has 1 N–H and O–H groups in total. The lowest BCUT2D eigenvalue weighted by Gasteiger charge is -2.03. The predicted octanol–water partition coefficient (Wildman–Crippen LogP) is 3.00. The first-order valence-corrected chi connectivity index (χ1v) is 5.05. The van der Waals surface area contributed by atoms with Crippen LogP contribution in [0.25, 0.3) is 5.82 Å². The van der Waals surface area contributed by atoms with Crippen molar-refractivity contribution in [3.63, 3.8) is 0 Å². The second-order valence-corrected chi connectivity index (χ2v) is 3.86. The van der Waals surface area contributed by atoms with Gasteiger partial charge in [-0.15, -0.1) is 10.2 Å². The van der Waals surface area contributed by atoms with Gasteiger partial charge in [0, 0.05) is 6.07 Å². The van der Waals surface area contributed by atoms with Gasteiger partial charge in [-0.1, -0.05) is 23.8 Å². The summed E-state index contributed by atoms with van der Waals surface area (Å²) < 4.78 is 38.2. The zero-order valence-electron chi connectivity index (χ0n) is 7.99. The molecule has 90 valence electrons. The summed E-state index contributed by atoms with van der Waals surface area (Å²) in [5, 5.41) is 9.38. The summed E-state index contributed by atoms with van der Waals surface area (Å²) in [6, 6.07) is 3.62. The lowest BCUT2D eigenvalue weighted by Crippen LogP contribution is -2.08. The molecular weight excluding hydrogens is 277 g/mol. The lowest BCUT2D eigenvalue weighted by atomic mass is 10.4. The highest BCUT2D eigenvalue weighted by Crippen LogP contribution is 2.28. The Labute approximate surface area is 103 Å². The van der Waals surface area contributed by atoms with Gasteiger partial charge in [0.2, 0.25) is 0 Å². The molecule has 0 spiro atoms. The first kappa shape index (κ1) is 12.1. The fourth-order valence-corrected chi connectivity index (χ4v) is 1.50. The molecule has 0 amide bonds. The van der Waals surface area contributed by atoms with Crippen LogP contribution in [0, 0.1) is 4.64 Å². The zero-order chi connectivity index (χ0) is 12.6. The standard InChI is InChI=1S/C8H4ClF3N4S/c9-5-1-2-6(14-13-5)16-7(17)3-4(15-16)8(10,11)12/h1-3,15H. The maximum absolute atomic E-state index is 12.4.